The van der Waals surface area contributed by atoms with Crippen molar-refractivity contribution in [2.24, 2.45) is 0 Å². The molecule has 0 spiro atoms. The van der Waals surface area contributed by atoms with Crippen LogP contribution in [0.5, 0.6) is 0 Å². The van der Waals surface area contributed by atoms with Crippen molar-refractivity contribution in [3.8, 4) is 0 Å². The number of nitro groups is 1. The molecule has 242 valence electrons. The molecule has 16 heteroatoms. The second-order valence-electron chi connectivity index (χ2n) is 10.8. The molecular formula is C27H44N5O9PS. The van der Waals surface area contributed by atoms with Gasteiger partial charge in [0.1, 0.15) is 5.60 Å². The smallest absolute Gasteiger partial charge is 0.408 e. The summed E-state index contributed by atoms with van der Waals surface area (Å²) in [4.78, 5) is 22.9. The van der Waals surface area contributed by atoms with E-state index in [1.54, 1.807) is 32.9 Å². The molecule has 3 N–H and O–H groups in total. The zero-order valence-corrected chi connectivity index (χ0v) is 27.2. The summed E-state index contributed by atoms with van der Waals surface area (Å²) < 4.78 is 32.3. The predicted octanol–water partition coefficient (Wildman–Crippen LogP) is 6.61. The molecule has 0 aliphatic carbocycles. The quantitative estimate of drug-likeness (QED) is 0.0459. The van der Waals surface area contributed by atoms with Crippen molar-refractivity contribution in [1.82, 2.24) is 15.6 Å². The van der Waals surface area contributed by atoms with Crippen LogP contribution in [0.25, 0.3) is 11.0 Å². The summed E-state index contributed by atoms with van der Waals surface area (Å²) in [6.07, 6.45) is 9.93. The van der Waals surface area contributed by atoms with Gasteiger partial charge in [-0.15, -0.1) is 0 Å². The lowest BCUT2D eigenvalue weighted by Crippen LogP contribution is -2.46. The molecule has 0 unspecified atom stereocenters. The van der Waals surface area contributed by atoms with Crippen LogP contribution in [0.3, 0.4) is 0 Å². The predicted molar refractivity (Wildman–Crippen MR) is 166 cm³/mol. The maximum Gasteiger partial charge on any atom is 0.408 e. The number of rotatable bonds is 20. The molecule has 0 saturated carbocycles. The van der Waals surface area contributed by atoms with Gasteiger partial charge in [-0.05, 0) is 67.8 Å². The highest BCUT2D eigenvalue weighted by Gasteiger charge is 2.29. The fraction of sp³-hybridized carbons (Fsp3) is 0.667. The first-order valence-corrected chi connectivity index (χ1v) is 17.4. The maximum atomic E-state index is 12.4. The molecule has 0 saturated heterocycles. The Morgan fingerprint density at radius 2 is 1.74 bits per heavy atom. The molecule has 0 aliphatic rings. The Morgan fingerprint density at radius 3 is 2.37 bits per heavy atom. The number of unbranched alkanes of at least 4 members (excludes halogenated alkanes) is 7. The van der Waals surface area contributed by atoms with E-state index in [1.165, 1.54) is 20.3 Å². The van der Waals surface area contributed by atoms with Crippen molar-refractivity contribution in [2.75, 3.05) is 31.8 Å². The minimum Gasteiger partial charge on any atom is -0.444 e. The number of aliphatic hydroxyl groups excluding tert-OH is 1. The molecule has 1 amide bonds. The van der Waals surface area contributed by atoms with Crippen LogP contribution in [-0.2, 0) is 18.3 Å². The van der Waals surface area contributed by atoms with Crippen LogP contribution < -0.4 is 10.6 Å². The van der Waals surface area contributed by atoms with Gasteiger partial charge < -0.3 is 29.5 Å². The van der Waals surface area contributed by atoms with Gasteiger partial charge in [-0.25, -0.2) is 14.0 Å². The Kier molecular flexibility index (Phi) is 15.4. The highest BCUT2D eigenvalue weighted by molar-refractivity contribution is 8.55. The number of allylic oxidation sites excluding steroid dienone is 1. The third kappa shape index (κ3) is 13.2. The second-order valence-corrected chi connectivity index (χ2v) is 15.2. The summed E-state index contributed by atoms with van der Waals surface area (Å²) in [6.45, 7) is 2.56. The topological polar surface area (TPSA) is 188 Å². The number of hydrogen-bond acceptors (Lipinski definition) is 13. The Labute approximate surface area is 256 Å². The van der Waals surface area contributed by atoms with E-state index in [0.29, 0.717) is 17.7 Å². The van der Waals surface area contributed by atoms with Gasteiger partial charge in [0.15, 0.2) is 5.52 Å². The van der Waals surface area contributed by atoms with Gasteiger partial charge >= 0.3 is 18.6 Å². The van der Waals surface area contributed by atoms with Gasteiger partial charge in [-0.1, -0.05) is 44.3 Å². The fourth-order valence-corrected chi connectivity index (χ4v) is 6.69. The van der Waals surface area contributed by atoms with E-state index in [0.717, 1.165) is 62.7 Å². The number of amides is 1. The Morgan fingerprint density at radius 1 is 1.12 bits per heavy atom. The fourth-order valence-electron chi connectivity index (χ4n) is 4.04. The van der Waals surface area contributed by atoms with E-state index in [-0.39, 0.29) is 17.0 Å². The molecule has 1 aromatic carbocycles. The van der Waals surface area contributed by atoms with Gasteiger partial charge in [-0.2, -0.15) is 0 Å². The Balaban J connectivity index is 1.65. The molecule has 0 fully saturated rings. The maximum absolute atomic E-state index is 12.4. The number of carbonyl (C=O) groups is 1. The van der Waals surface area contributed by atoms with Crippen LogP contribution >= 0.6 is 18.2 Å². The highest BCUT2D eigenvalue weighted by atomic mass is 32.7. The lowest BCUT2D eigenvalue weighted by molar-refractivity contribution is -0.383. The number of nitrogens with one attached hydrogen (secondary N) is 2. The summed E-state index contributed by atoms with van der Waals surface area (Å²) in [5, 5.41) is 35.1. The number of aliphatic hydroxyl groups is 1. The average molecular weight is 646 g/mol. The summed E-state index contributed by atoms with van der Waals surface area (Å²) in [7, 11) is 2.56. The van der Waals surface area contributed by atoms with Crippen LogP contribution in [0.15, 0.2) is 28.9 Å². The number of anilines is 1. The third-order valence-corrected chi connectivity index (χ3v) is 10.3. The van der Waals surface area contributed by atoms with Crippen LogP contribution in [-0.4, -0.2) is 70.7 Å². The van der Waals surface area contributed by atoms with Crippen molar-refractivity contribution in [1.29, 1.82) is 0 Å². The zero-order valence-electron chi connectivity index (χ0n) is 25.4. The number of nitro benzene ring substituents is 1. The van der Waals surface area contributed by atoms with Gasteiger partial charge in [0.2, 0.25) is 5.52 Å². The highest BCUT2D eigenvalue weighted by Crippen LogP contribution is 2.59. The van der Waals surface area contributed by atoms with Crippen molar-refractivity contribution in [2.45, 2.75) is 89.9 Å². The monoisotopic (exact) mass is 645 g/mol. The molecule has 2 rings (SSSR count). The number of aromatic nitrogens is 2. The number of benzene rings is 1. The van der Waals surface area contributed by atoms with E-state index < -0.39 is 35.6 Å². The molecule has 2 aromatic rings. The normalized spacial score (nSPS) is 13.7. The van der Waals surface area contributed by atoms with Gasteiger partial charge in [0, 0.05) is 32.6 Å². The number of ether oxygens (including phenoxy) is 1. The van der Waals surface area contributed by atoms with E-state index in [2.05, 4.69) is 25.6 Å². The molecule has 1 aromatic heterocycles. The molecule has 1 heterocycles. The molecule has 14 nitrogen and oxygen atoms in total. The largest absolute Gasteiger partial charge is 0.444 e. The van der Waals surface area contributed by atoms with Crippen LogP contribution in [0.2, 0.25) is 0 Å². The summed E-state index contributed by atoms with van der Waals surface area (Å²) >= 11 is 0.892. The zero-order chi connectivity index (χ0) is 31.9. The van der Waals surface area contributed by atoms with Crippen molar-refractivity contribution < 1.29 is 37.8 Å². The van der Waals surface area contributed by atoms with Gasteiger partial charge in [0.25, 0.3) is 0 Å². The number of carbonyl (C=O) groups excluding carboxylic acids is 1. The lowest BCUT2D eigenvalue weighted by atomic mass is 10.1. The third-order valence-electron chi connectivity index (χ3n) is 6.26. The molecular weight excluding hydrogens is 601 g/mol. The molecule has 0 aliphatic heterocycles. The number of non-ortho nitro benzene ring substituents is 1. The summed E-state index contributed by atoms with van der Waals surface area (Å²) in [5.41, 5.74) is 0.316. The van der Waals surface area contributed by atoms with Crippen molar-refractivity contribution in [3.63, 3.8) is 0 Å². The average Bonchev–Trinajstić information content (AvgIpc) is 3.44. The van der Waals surface area contributed by atoms with E-state index >= 15 is 0 Å². The molecule has 43 heavy (non-hydrogen) atoms. The summed E-state index contributed by atoms with van der Waals surface area (Å²) in [6, 6.07) is 2.26. The van der Waals surface area contributed by atoms with Crippen LogP contribution in [0, 0.1) is 10.1 Å². The SMILES string of the molecule is COP(=O)(OC)SC[C@H](NC(=O)OC(C)(C)C)[C@H](O)/C=C/CCCCCCCCCNc1ccc([N+](=O)[O-])c2nonc12. The standard InChI is InChI=1S/C27H44N5O9PS/c1-27(2,3)40-26(34)29-21(19-43-42(37,38-4)39-5)23(33)15-13-11-9-7-6-8-10-12-14-18-28-20-16-17-22(32(35)36)25-24(20)30-41-31-25/h13,15-17,21,23,28,33H,6-12,14,18-19H2,1-5H3,(H,29,34)/b15-13+/t21-,23+/m0/s1. The number of alkyl carbamates (subject to hydrolysis) is 1. The molecule has 2 atom stereocenters. The molecule has 0 radical (unpaired) electrons. The van der Waals surface area contributed by atoms with E-state index in [1.807, 2.05) is 6.08 Å². The van der Waals surface area contributed by atoms with Crippen molar-refractivity contribution in [3.05, 3.63) is 34.4 Å². The minimum atomic E-state index is -3.38. The van der Waals surface area contributed by atoms with Crippen LogP contribution in [0.4, 0.5) is 16.2 Å². The van der Waals surface area contributed by atoms with E-state index in [9.17, 15) is 24.6 Å². The minimum absolute atomic E-state index is 0.0921. The first-order chi connectivity index (χ1) is 20.4. The van der Waals surface area contributed by atoms with Gasteiger partial charge in [0.05, 0.1) is 22.8 Å². The Bertz CT molecular complexity index is 1230. The number of fused-ring (bicyclic) bond motifs is 1. The summed E-state index contributed by atoms with van der Waals surface area (Å²) in [5.74, 6) is 0.0921. The lowest BCUT2D eigenvalue weighted by Gasteiger charge is -2.26. The van der Waals surface area contributed by atoms with Crippen molar-refractivity contribution >= 4 is 46.7 Å². The molecule has 0 bridgehead atoms. The number of nitrogens with zero attached hydrogens (tertiary/aromatic N) is 3. The second kappa shape index (κ2) is 18.2. The Hall–Kier alpha value is -2.71. The first-order valence-electron chi connectivity index (χ1n) is 14.2. The number of hydrogen-bond donors (Lipinski definition) is 3. The van der Waals surface area contributed by atoms with Gasteiger partial charge in [-0.3, -0.25) is 10.1 Å². The first kappa shape index (κ1) is 36.5. The van der Waals surface area contributed by atoms with E-state index in [4.69, 9.17) is 13.8 Å². The van der Waals surface area contributed by atoms with Crippen LogP contribution in [0.1, 0.15) is 72.1 Å².